The number of nitro benzene ring substituents is 1. The number of rotatable bonds is 6. The molecule has 0 radical (unpaired) electrons. The van der Waals surface area contributed by atoms with Crippen molar-refractivity contribution >= 4 is 29.5 Å². The number of nitrogens with zero attached hydrogens (tertiary/aromatic N) is 1. The Morgan fingerprint density at radius 2 is 2.00 bits per heavy atom. The summed E-state index contributed by atoms with van der Waals surface area (Å²) < 4.78 is 9.02. The maximum Gasteiger partial charge on any atom is 0.341 e. The van der Waals surface area contributed by atoms with Gasteiger partial charge in [-0.3, -0.25) is 19.7 Å². The second-order valence-corrected chi connectivity index (χ2v) is 4.11. The quantitative estimate of drug-likeness (QED) is 0.194. The van der Waals surface area contributed by atoms with Gasteiger partial charge in [-0.2, -0.15) is 0 Å². The maximum absolute atomic E-state index is 11.9. The molecule has 0 amide bonds. The van der Waals surface area contributed by atoms with Crippen LogP contribution in [0.2, 0.25) is 0 Å². The normalized spacial score (nSPS) is 10.7. The zero-order valence-electron chi connectivity index (χ0n) is 11.9. The number of Topliss-reactive ketones (excluding diaryl/α,β-unsaturated/α-hetero) is 1. The topological polar surface area (TPSA) is 113 Å². The van der Waals surface area contributed by atoms with E-state index in [-0.39, 0.29) is 16.8 Å². The average Bonchev–Trinajstić information content (AvgIpc) is 2.49. The first-order valence-electron chi connectivity index (χ1n) is 6.06. The summed E-state index contributed by atoms with van der Waals surface area (Å²) in [7, 11) is 1.09. The van der Waals surface area contributed by atoms with E-state index in [1.807, 2.05) is 0 Å². The summed E-state index contributed by atoms with van der Waals surface area (Å²) in [4.78, 5) is 44.3. The molecule has 0 bridgehead atoms. The standard InChI is InChI=1S/C14H13NO7/c1-9(16)22-8-13(17)12(14(18)21-2)7-10-4-3-5-11(6-10)15(19)20/h3-7H,8H2,1-2H3/b12-7+. The van der Waals surface area contributed by atoms with Gasteiger partial charge in [-0.05, 0) is 11.6 Å². The first-order chi connectivity index (χ1) is 10.3. The number of nitro groups is 1. The van der Waals surface area contributed by atoms with Gasteiger partial charge in [-0.25, -0.2) is 4.79 Å². The smallest absolute Gasteiger partial charge is 0.341 e. The van der Waals surface area contributed by atoms with E-state index < -0.39 is 29.3 Å². The third kappa shape index (κ3) is 4.82. The molecule has 0 aliphatic carbocycles. The third-order valence-corrected chi connectivity index (χ3v) is 2.50. The summed E-state index contributed by atoms with van der Waals surface area (Å²) in [5.74, 6) is -2.37. The fraction of sp³-hybridized carbons (Fsp3) is 0.214. The van der Waals surface area contributed by atoms with E-state index >= 15 is 0 Å². The summed E-state index contributed by atoms with van der Waals surface area (Å²) in [6, 6.07) is 5.36. The van der Waals surface area contributed by atoms with Gasteiger partial charge in [0, 0.05) is 19.1 Å². The van der Waals surface area contributed by atoms with Crippen molar-refractivity contribution in [1.82, 2.24) is 0 Å². The molecular weight excluding hydrogens is 294 g/mol. The van der Waals surface area contributed by atoms with Crippen LogP contribution in [0.4, 0.5) is 5.69 Å². The SMILES string of the molecule is COC(=O)/C(=C/c1cccc([N+](=O)[O-])c1)C(=O)COC(C)=O. The highest BCUT2D eigenvalue weighted by Crippen LogP contribution is 2.16. The van der Waals surface area contributed by atoms with Gasteiger partial charge in [0.25, 0.3) is 5.69 Å². The molecule has 1 aromatic rings. The second-order valence-electron chi connectivity index (χ2n) is 4.11. The summed E-state index contributed by atoms with van der Waals surface area (Å²) in [6.45, 7) is 0.501. The van der Waals surface area contributed by atoms with Crippen LogP contribution in [0, 0.1) is 10.1 Å². The van der Waals surface area contributed by atoms with Crippen molar-refractivity contribution in [1.29, 1.82) is 0 Å². The van der Waals surface area contributed by atoms with Crippen molar-refractivity contribution in [2.24, 2.45) is 0 Å². The Morgan fingerprint density at radius 1 is 1.32 bits per heavy atom. The Bertz CT molecular complexity index is 648. The number of ether oxygens (including phenoxy) is 2. The molecule has 116 valence electrons. The van der Waals surface area contributed by atoms with Crippen molar-refractivity contribution in [3.8, 4) is 0 Å². The van der Waals surface area contributed by atoms with E-state index in [2.05, 4.69) is 9.47 Å². The van der Waals surface area contributed by atoms with Crippen LogP contribution < -0.4 is 0 Å². The lowest BCUT2D eigenvalue weighted by atomic mass is 10.1. The molecule has 0 heterocycles. The third-order valence-electron chi connectivity index (χ3n) is 2.50. The van der Waals surface area contributed by atoms with Crippen LogP contribution in [0.15, 0.2) is 29.8 Å². The van der Waals surface area contributed by atoms with Crippen molar-refractivity contribution < 1.29 is 28.8 Å². The minimum atomic E-state index is -0.927. The van der Waals surface area contributed by atoms with Crippen LogP contribution in [0.1, 0.15) is 12.5 Å². The summed E-state index contributed by atoms with van der Waals surface area (Å²) >= 11 is 0. The molecule has 0 spiro atoms. The van der Waals surface area contributed by atoms with Gasteiger partial charge in [-0.1, -0.05) is 12.1 Å². The Morgan fingerprint density at radius 3 is 2.55 bits per heavy atom. The molecule has 0 atom stereocenters. The van der Waals surface area contributed by atoms with Gasteiger partial charge in [-0.15, -0.1) is 0 Å². The Hall–Kier alpha value is -3.03. The molecule has 1 aromatic carbocycles. The molecule has 1 rings (SSSR count). The van der Waals surface area contributed by atoms with Crippen molar-refractivity contribution in [2.75, 3.05) is 13.7 Å². The summed E-state index contributed by atoms with van der Waals surface area (Å²) in [6.07, 6.45) is 1.14. The van der Waals surface area contributed by atoms with Crippen LogP contribution in [-0.2, 0) is 23.9 Å². The average molecular weight is 307 g/mol. The van der Waals surface area contributed by atoms with Gasteiger partial charge in [0.05, 0.1) is 12.0 Å². The van der Waals surface area contributed by atoms with E-state index in [0.29, 0.717) is 0 Å². The lowest BCUT2D eigenvalue weighted by Crippen LogP contribution is -2.20. The van der Waals surface area contributed by atoms with Crippen LogP contribution in [0.5, 0.6) is 0 Å². The highest BCUT2D eigenvalue weighted by atomic mass is 16.6. The number of ketones is 1. The van der Waals surface area contributed by atoms with Gasteiger partial charge in [0.2, 0.25) is 5.78 Å². The van der Waals surface area contributed by atoms with E-state index in [1.165, 1.54) is 24.3 Å². The van der Waals surface area contributed by atoms with Crippen molar-refractivity contribution in [2.45, 2.75) is 6.92 Å². The van der Waals surface area contributed by atoms with E-state index in [9.17, 15) is 24.5 Å². The molecule has 0 aliphatic rings. The monoisotopic (exact) mass is 307 g/mol. The molecule has 0 unspecified atom stereocenters. The summed E-state index contributed by atoms with van der Waals surface area (Å²) in [5, 5.41) is 10.7. The fourth-order valence-corrected chi connectivity index (χ4v) is 1.50. The maximum atomic E-state index is 11.9. The minimum absolute atomic E-state index is 0.189. The largest absolute Gasteiger partial charge is 0.465 e. The van der Waals surface area contributed by atoms with Crippen LogP contribution in [-0.4, -0.2) is 36.4 Å². The molecule has 0 fully saturated rings. The lowest BCUT2D eigenvalue weighted by molar-refractivity contribution is -0.384. The predicted octanol–water partition coefficient (Wildman–Crippen LogP) is 1.28. The van der Waals surface area contributed by atoms with Crippen LogP contribution in [0.25, 0.3) is 6.08 Å². The highest BCUT2D eigenvalue weighted by Gasteiger charge is 2.20. The first kappa shape index (κ1) is 17.0. The first-order valence-corrected chi connectivity index (χ1v) is 6.06. The zero-order valence-corrected chi connectivity index (χ0v) is 11.9. The summed E-state index contributed by atoms with van der Waals surface area (Å²) in [5.41, 5.74) is -0.291. The van der Waals surface area contributed by atoms with Crippen molar-refractivity contribution in [3.05, 3.63) is 45.5 Å². The molecule has 0 aromatic heterocycles. The Balaban J connectivity index is 3.13. The van der Waals surface area contributed by atoms with E-state index in [4.69, 9.17) is 0 Å². The van der Waals surface area contributed by atoms with Crippen LogP contribution in [0.3, 0.4) is 0 Å². The molecule has 8 heteroatoms. The molecule has 0 saturated heterocycles. The number of carbonyl (C=O) groups excluding carboxylic acids is 3. The van der Waals surface area contributed by atoms with E-state index in [0.717, 1.165) is 20.1 Å². The minimum Gasteiger partial charge on any atom is -0.465 e. The molecule has 0 saturated carbocycles. The number of carbonyl (C=O) groups is 3. The predicted molar refractivity (Wildman–Crippen MR) is 74.7 cm³/mol. The molecule has 0 N–H and O–H groups in total. The molecular formula is C14H13NO7. The van der Waals surface area contributed by atoms with Gasteiger partial charge in [0.15, 0.2) is 6.61 Å². The second kappa shape index (κ2) is 7.67. The van der Waals surface area contributed by atoms with Crippen molar-refractivity contribution in [3.63, 3.8) is 0 Å². The number of hydrogen-bond acceptors (Lipinski definition) is 7. The number of non-ortho nitro benzene ring substituents is 1. The Kier molecular flexibility index (Phi) is 5.94. The molecule has 0 aliphatic heterocycles. The lowest BCUT2D eigenvalue weighted by Gasteiger charge is -2.05. The van der Waals surface area contributed by atoms with Gasteiger partial charge in [0.1, 0.15) is 5.57 Å². The number of methoxy groups -OCH3 is 1. The molecule has 22 heavy (non-hydrogen) atoms. The molecule has 8 nitrogen and oxygen atoms in total. The number of hydrogen-bond donors (Lipinski definition) is 0. The number of esters is 2. The fourth-order valence-electron chi connectivity index (χ4n) is 1.50. The van der Waals surface area contributed by atoms with E-state index in [1.54, 1.807) is 0 Å². The van der Waals surface area contributed by atoms with Gasteiger partial charge < -0.3 is 9.47 Å². The van der Waals surface area contributed by atoms with Crippen LogP contribution >= 0.6 is 0 Å². The number of benzene rings is 1. The Labute approximate surface area is 125 Å². The zero-order chi connectivity index (χ0) is 16.7. The highest BCUT2D eigenvalue weighted by molar-refractivity contribution is 6.21. The van der Waals surface area contributed by atoms with Gasteiger partial charge >= 0.3 is 11.9 Å².